The van der Waals surface area contributed by atoms with Crippen LogP contribution in [-0.4, -0.2) is 21.4 Å². The quantitative estimate of drug-likeness (QED) is 0.647. The zero-order valence-electron chi connectivity index (χ0n) is 14.9. The zero-order chi connectivity index (χ0) is 18.4. The molecule has 0 saturated carbocycles. The molecule has 0 aliphatic carbocycles. The molecule has 0 unspecified atom stereocenters. The predicted octanol–water partition coefficient (Wildman–Crippen LogP) is 4.97. The lowest BCUT2D eigenvalue weighted by molar-refractivity contribution is 0.134. The fraction of sp³-hybridized carbons (Fsp3) is 0.400. The minimum Gasteiger partial charge on any atom is -0.504 e. The van der Waals surface area contributed by atoms with E-state index in [0.29, 0.717) is 11.5 Å². The molecule has 0 amide bonds. The summed E-state index contributed by atoms with van der Waals surface area (Å²) >= 11 is 3.44. The number of phenols is 2. The lowest BCUT2D eigenvalue weighted by Crippen LogP contribution is -2.24. The van der Waals surface area contributed by atoms with Crippen molar-refractivity contribution in [3.63, 3.8) is 0 Å². The molecule has 0 atom stereocenters. The van der Waals surface area contributed by atoms with Crippen LogP contribution >= 0.6 is 15.9 Å². The molecular formula is C20H23BrO4. The lowest BCUT2D eigenvalue weighted by atomic mass is 10.0. The highest BCUT2D eigenvalue weighted by Crippen LogP contribution is 2.44. The predicted molar refractivity (Wildman–Crippen MR) is 101 cm³/mol. The number of aromatic hydroxyl groups is 2. The molecule has 2 aliphatic rings. The molecule has 2 aromatic carbocycles. The maximum absolute atomic E-state index is 9.54. The molecule has 0 saturated heterocycles. The van der Waals surface area contributed by atoms with Gasteiger partial charge >= 0.3 is 0 Å². The molecular weight excluding hydrogens is 384 g/mol. The number of benzene rings is 2. The van der Waals surface area contributed by atoms with Gasteiger partial charge in [-0.05, 0) is 45.9 Å². The standard InChI is InChI=1S/C10H11BrO2.C10H12O2/c1-10(2)5-6-7(11)3-4-8(12)9(6)13-10;1-10(2)6-7-4-3-5-8(11)9(7)12-10/h3-4,12H,5H2,1-2H3;3-5,11H,6H2,1-2H3. The first kappa shape index (κ1) is 17.9. The molecule has 5 heteroatoms. The summed E-state index contributed by atoms with van der Waals surface area (Å²) in [6, 6.07) is 8.98. The van der Waals surface area contributed by atoms with Crippen LogP contribution in [0.1, 0.15) is 38.8 Å². The summed E-state index contributed by atoms with van der Waals surface area (Å²) in [6.45, 7) is 8.07. The number of ether oxygens (including phenoxy) is 2. The van der Waals surface area contributed by atoms with E-state index in [1.165, 1.54) is 0 Å². The summed E-state index contributed by atoms with van der Waals surface area (Å²) in [4.78, 5) is 0. The topological polar surface area (TPSA) is 58.9 Å². The number of hydrogen-bond donors (Lipinski definition) is 2. The highest BCUT2D eigenvalue weighted by atomic mass is 79.9. The third kappa shape index (κ3) is 3.71. The van der Waals surface area contributed by atoms with Gasteiger partial charge in [-0.2, -0.15) is 0 Å². The van der Waals surface area contributed by atoms with Crippen LogP contribution in [0.25, 0.3) is 0 Å². The third-order valence-corrected chi connectivity index (χ3v) is 4.98. The molecule has 2 aromatic rings. The van der Waals surface area contributed by atoms with E-state index in [1.54, 1.807) is 12.1 Å². The van der Waals surface area contributed by atoms with E-state index in [1.807, 2.05) is 45.9 Å². The molecule has 0 bridgehead atoms. The van der Waals surface area contributed by atoms with E-state index in [-0.39, 0.29) is 22.7 Å². The molecule has 25 heavy (non-hydrogen) atoms. The van der Waals surface area contributed by atoms with Gasteiger partial charge in [0, 0.05) is 28.4 Å². The van der Waals surface area contributed by atoms with Crippen LogP contribution in [0, 0.1) is 0 Å². The van der Waals surface area contributed by atoms with Crippen molar-refractivity contribution in [1.29, 1.82) is 0 Å². The van der Waals surface area contributed by atoms with E-state index in [9.17, 15) is 10.2 Å². The van der Waals surface area contributed by atoms with Crippen LogP contribution in [0.15, 0.2) is 34.8 Å². The van der Waals surface area contributed by atoms with Gasteiger partial charge < -0.3 is 19.7 Å². The van der Waals surface area contributed by atoms with Crippen molar-refractivity contribution in [2.24, 2.45) is 0 Å². The minimum absolute atomic E-state index is 0.166. The molecule has 4 nitrogen and oxygen atoms in total. The zero-order valence-corrected chi connectivity index (χ0v) is 16.5. The average Bonchev–Trinajstić information content (AvgIpc) is 3.00. The molecule has 134 valence electrons. The molecule has 2 N–H and O–H groups in total. The second-order valence-electron chi connectivity index (χ2n) is 7.72. The van der Waals surface area contributed by atoms with Crippen molar-refractivity contribution < 1.29 is 19.7 Å². The van der Waals surface area contributed by atoms with E-state index in [0.717, 1.165) is 28.4 Å². The molecule has 0 spiro atoms. The Balaban J connectivity index is 0.000000146. The van der Waals surface area contributed by atoms with Crippen molar-refractivity contribution in [3.8, 4) is 23.0 Å². The molecule has 0 fully saturated rings. The maximum atomic E-state index is 9.54. The van der Waals surface area contributed by atoms with Gasteiger partial charge in [0.2, 0.25) is 0 Å². The van der Waals surface area contributed by atoms with Crippen LogP contribution in [0.2, 0.25) is 0 Å². The second kappa shape index (κ2) is 6.13. The number of rotatable bonds is 0. The Morgan fingerprint density at radius 2 is 1.44 bits per heavy atom. The first-order valence-electron chi connectivity index (χ1n) is 8.27. The first-order valence-corrected chi connectivity index (χ1v) is 9.06. The summed E-state index contributed by atoms with van der Waals surface area (Å²) in [5.74, 6) is 1.75. The van der Waals surface area contributed by atoms with Gasteiger partial charge in [-0.15, -0.1) is 0 Å². The minimum atomic E-state index is -0.205. The van der Waals surface area contributed by atoms with E-state index < -0.39 is 0 Å². The van der Waals surface area contributed by atoms with Crippen molar-refractivity contribution in [2.45, 2.75) is 51.7 Å². The van der Waals surface area contributed by atoms with Crippen molar-refractivity contribution in [2.75, 3.05) is 0 Å². The number of phenolic OH excluding ortho intramolecular Hbond substituents is 2. The van der Waals surface area contributed by atoms with Gasteiger partial charge in [-0.25, -0.2) is 0 Å². The van der Waals surface area contributed by atoms with Gasteiger partial charge in [0.05, 0.1) is 0 Å². The van der Waals surface area contributed by atoms with Gasteiger partial charge in [-0.3, -0.25) is 0 Å². The summed E-state index contributed by atoms with van der Waals surface area (Å²) in [5, 5.41) is 19.0. The van der Waals surface area contributed by atoms with Crippen LogP contribution in [-0.2, 0) is 12.8 Å². The number of hydrogen-bond acceptors (Lipinski definition) is 4. The summed E-state index contributed by atoms with van der Waals surface area (Å²) < 4.78 is 12.2. The lowest BCUT2D eigenvalue weighted by Gasteiger charge is -2.17. The Labute approximate surface area is 156 Å². The monoisotopic (exact) mass is 406 g/mol. The Kier molecular flexibility index (Phi) is 4.40. The molecule has 4 rings (SSSR count). The van der Waals surface area contributed by atoms with E-state index >= 15 is 0 Å². The number of para-hydroxylation sites is 1. The van der Waals surface area contributed by atoms with Crippen LogP contribution < -0.4 is 9.47 Å². The summed E-state index contributed by atoms with van der Waals surface area (Å²) in [5.41, 5.74) is 1.79. The fourth-order valence-electron chi connectivity index (χ4n) is 3.21. The van der Waals surface area contributed by atoms with E-state index in [2.05, 4.69) is 15.9 Å². The molecule has 2 heterocycles. The van der Waals surface area contributed by atoms with Gasteiger partial charge in [0.25, 0.3) is 0 Å². The van der Waals surface area contributed by atoms with Crippen LogP contribution in [0.4, 0.5) is 0 Å². The molecule has 2 aliphatic heterocycles. The number of fused-ring (bicyclic) bond motifs is 2. The Hall–Kier alpha value is -1.88. The third-order valence-electron chi connectivity index (χ3n) is 4.23. The molecule has 0 aromatic heterocycles. The van der Waals surface area contributed by atoms with Crippen molar-refractivity contribution >= 4 is 15.9 Å². The summed E-state index contributed by atoms with van der Waals surface area (Å²) in [6.07, 6.45) is 1.70. The summed E-state index contributed by atoms with van der Waals surface area (Å²) in [7, 11) is 0. The Morgan fingerprint density at radius 1 is 0.840 bits per heavy atom. The van der Waals surface area contributed by atoms with Gasteiger partial charge in [0.1, 0.15) is 11.2 Å². The first-order chi connectivity index (χ1) is 11.6. The van der Waals surface area contributed by atoms with Crippen LogP contribution in [0.5, 0.6) is 23.0 Å². The van der Waals surface area contributed by atoms with Crippen LogP contribution in [0.3, 0.4) is 0 Å². The average molecular weight is 407 g/mol. The Morgan fingerprint density at radius 3 is 2.08 bits per heavy atom. The normalized spacial score (nSPS) is 18.3. The SMILES string of the molecule is CC1(C)Cc2c(Br)ccc(O)c2O1.CC1(C)Cc2cccc(O)c2O1. The van der Waals surface area contributed by atoms with Crippen molar-refractivity contribution in [3.05, 3.63) is 45.9 Å². The maximum Gasteiger partial charge on any atom is 0.166 e. The van der Waals surface area contributed by atoms with Gasteiger partial charge in [0.15, 0.2) is 23.0 Å². The molecule has 0 radical (unpaired) electrons. The van der Waals surface area contributed by atoms with Gasteiger partial charge in [-0.1, -0.05) is 28.1 Å². The Bertz CT molecular complexity index is 779. The number of halogens is 1. The highest BCUT2D eigenvalue weighted by Gasteiger charge is 2.33. The van der Waals surface area contributed by atoms with Crippen molar-refractivity contribution in [1.82, 2.24) is 0 Å². The van der Waals surface area contributed by atoms with E-state index in [4.69, 9.17) is 9.47 Å². The second-order valence-corrected chi connectivity index (χ2v) is 8.57. The highest BCUT2D eigenvalue weighted by molar-refractivity contribution is 9.10. The smallest absolute Gasteiger partial charge is 0.166 e. The fourth-order valence-corrected chi connectivity index (χ4v) is 3.66. The largest absolute Gasteiger partial charge is 0.504 e.